The first-order valence-electron chi connectivity index (χ1n) is 10.2. The summed E-state index contributed by atoms with van der Waals surface area (Å²) in [6, 6.07) is 12.1. The lowest BCUT2D eigenvalue weighted by atomic mass is 9.89. The Bertz CT molecular complexity index is 693. The lowest BCUT2D eigenvalue weighted by Gasteiger charge is -2.22. The van der Waals surface area contributed by atoms with Crippen molar-refractivity contribution in [1.29, 1.82) is 0 Å². The van der Waals surface area contributed by atoms with Crippen molar-refractivity contribution < 1.29 is 9.32 Å². The maximum absolute atomic E-state index is 12.1. The lowest BCUT2D eigenvalue weighted by Crippen LogP contribution is -2.38. The van der Waals surface area contributed by atoms with E-state index in [0.29, 0.717) is 12.5 Å². The predicted octanol–water partition coefficient (Wildman–Crippen LogP) is 3.90. The third-order valence-electron chi connectivity index (χ3n) is 5.32. The highest BCUT2D eigenvalue weighted by Gasteiger charge is 2.15. The van der Waals surface area contributed by atoms with Crippen LogP contribution in [0.4, 0.5) is 0 Å². The Morgan fingerprint density at radius 3 is 2.78 bits per heavy atom. The molecule has 0 spiro atoms. The zero-order valence-corrected chi connectivity index (χ0v) is 16.3. The van der Waals surface area contributed by atoms with Crippen LogP contribution >= 0.6 is 0 Å². The van der Waals surface area contributed by atoms with Crippen molar-refractivity contribution >= 4 is 5.91 Å². The van der Waals surface area contributed by atoms with Gasteiger partial charge in [0.25, 0.3) is 0 Å². The van der Waals surface area contributed by atoms with E-state index in [2.05, 4.69) is 15.4 Å². The normalized spacial score (nSPS) is 15.2. The van der Waals surface area contributed by atoms with Crippen LogP contribution in [0.15, 0.2) is 40.9 Å². The maximum Gasteiger partial charge on any atom is 0.234 e. The highest BCUT2D eigenvalue weighted by atomic mass is 16.5. The Balaban J connectivity index is 1.32. The molecule has 1 amide bonds. The van der Waals surface area contributed by atoms with Crippen molar-refractivity contribution in [3.05, 3.63) is 42.2 Å². The largest absolute Gasteiger partial charge is 0.361 e. The predicted molar refractivity (Wildman–Crippen MR) is 107 cm³/mol. The molecule has 0 saturated heterocycles. The molecule has 1 aliphatic rings. The van der Waals surface area contributed by atoms with Gasteiger partial charge in [-0.15, -0.1) is 0 Å². The molecule has 27 heavy (non-hydrogen) atoms. The summed E-state index contributed by atoms with van der Waals surface area (Å²) in [5.41, 5.74) is 1.94. The van der Waals surface area contributed by atoms with Gasteiger partial charge in [0, 0.05) is 24.6 Å². The number of hydrogen-bond donors (Lipinski definition) is 1. The first-order chi connectivity index (χ1) is 13.2. The standard InChI is InChI=1S/C22H31N3O2/c1-25(17-22(26)23-16-18-9-4-2-5-10-18)14-8-13-20-15-21(24-27-20)19-11-6-3-7-12-19/h3,6-7,11-12,15,18H,2,4-5,8-10,13-14,16-17H2,1H3,(H,23,26). The van der Waals surface area contributed by atoms with Crippen molar-refractivity contribution in [1.82, 2.24) is 15.4 Å². The molecule has 1 saturated carbocycles. The molecule has 0 aliphatic heterocycles. The summed E-state index contributed by atoms with van der Waals surface area (Å²) in [6.07, 6.45) is 8.27. The molecule has 5 nitrogen and oxygen atoms in total. The zero-order chi connectivity index (χ0) is 18.9. The lowest BCUT2D eigenvalue weighted by molar-refractivity contribution is -0.122. The summed E-state index contributed by atoms with van der Waals surface area (Å²) in [6.45, 7) is 2.16. The van der Waals surface area contributed by atoms with E-state index in [-0.39, 0.29) is 5.91 Å². The van der Waals surface area contributed by atoms with Gasteiger partial charge >= 0.3 is 0 Å². The van der Waals surface area contributed by atoms with Crippen LogP contribution in [0.1, 0.15) is 44.3 Å². The van der Waals surface area contributed by atoms with Crippen molar-refractivity contribution in [2.45, 2.75) is 44.9 Å². The number of aromatic nitrogens is 1. The first kappa shape index (κ1) is 19.6. The molecule has 3 rings (SSSR count). The molecule has 0 bridgehead atoms. The third-order valence-corrected chi connectivity index (χ3v) is 5.32. The van der Waals surface area contributed by atoms with Crippen LogP contribution in [0.2, 0.25) is 0 Å². The highest BCUT2D eigenvalue weighted by molar-refractivity contribution is 5.77. The van der Waals surface area contributed by atoms with Crippen LogP contribution in [0, 0.1) is 5.92 Å². The van der Waals surface area contributed by atoms with E-state index >= 15 is 0 Å². The molecule has 146 valence electrons. The van der Waals surface area contributed by atoms with E-state index in [0.717, 1.165) is 42.9 Å². The number of rotatable bonds is 9. The summed E-state index contributed by atoms with van der Waals surface area (Å²) in [7, 11) is 2.00. The molecule has 1 N–H and O–H groups in total. The van der Waals surface area contributed by atoms with Crippen LogP contribution in [-0.4, -0.2) is 42.6 Å². The molecule has 5 heteroatoms. The third kappa shape index (κ3) is 6.51. The van der Waals surface area contributed by atoms with E-state index in [1.54, 1.807) is 0 Å². The Labute approximate surface area is 162 Å². The summed E-state index contributed by atoms with van der Waals surface area (Å²) < 4.78 is 5.44. The monoisotopic (exact) mass is 369 g/mol. The van der Waals surface area contributed by atoms with Gasteiger partial charge in [0.05, 0.1) is 6.54 Å². The van der Waals surface area contributed by atoms with Gasteiger partial charge in [-0.2, -0.15) is 0 Å². The van der Waals surface area contributed by atoms with E-state index in [1.165, 1.54) is 32.1 Å². The van der Waals surface area contributed by atoms with Gasteiger partial charge in [0.15, 0.2) is 0 Å². The molecule has 1 fully saturated rings. The Kier molecular flexibility index (Phi) is 7.45. The first-order valence-corrected chi connectivity index (χ1v) is 10.2. The summed E-state index contributed by atoms with van der Waals surface area (Å²) in [5, 5.41) is 7.25. The molecule has 1 aromatic heterocycles. The number of amides is 1. The van der Waals surface area contributed by atoms with Gasteiger partial charge in [-0.1, -0.05) is 54.8 Å². The fraction of sp³-hybridized carbons (Fsp3) is 0.545. The Morgan fingerprint density at radius 2 is 2.00 bits per heavy atom. The van der Waals surface area contributed by atoms with Crippen molar-refractivity contribution in [2.75, 3.05) is 26.7 Å². The second-order valence-electron chi connectivity index (χ2n) is 7.69. The Hall–Kier alpha value is -2.14. The molecular formula is C22H31N3O2. The molecule has 2 aromatic rings. The van der Waals surface area contributed by atoms with E-state index in [9.17, 15) is 4.79 Å². The highest BCUT2D eigenvalue weighted by Crippen LogP contribution is 2.22. The quantitative estimate of drug-likeness (QED) is 0.728. The zero-order valence-electron chi connectivity index (χ0n) is 16.3. The number of hydrogen-bond acceptors (Lipinski definition) is 4. The topological polar surface area (TPSA) is 58.4 Å². The molecule has 0 atom stereocenters. The van der Waals surface area contributed by atoms with Crippen molar-refractivity contribution in [3.8, 4) is 11.3 Å². The van der Waals surface area contributed by atoms with Gasteiger partial charge in [-0.25, -0.2) is 0 Å². The van der Waals surface area contributed by atoms with Crippen molar-refractivity contribution in [3.63, 3.8) is 0 Å². The average molecular weight is 370 g/mol. The number of benzene rings is 1. The fourth-order valence-corrected chi connectivity index (χ4v) is 3.73. The minimum Gasteiger partial charge on any atom is -0.361 e. The van der Waals surface area contributed by atoms with Crippen LogP contribution in [0.5, 0.6) is 0 Å². The number of aryl methyl sites for hydroxylation is 1. The average Bonchev–Trinajstić information content (AvgIpc) is 3.17. The van der Waals surface area contributed by atoms with Crippen LogP contribution in [-0.2, 0) is 11.2 Å². The molecule has 0 radical (unpaired) electrons. The van der Waals surface area contributed by atoms with Gasteiger partial charge in [0.1, 0.15) is 11.5 Å². The molecule has 1 aliphatic carbocycles. The second-order valence-corrected chi connectivity index (χ2v) is 7.69. The second kappa shape index (κ2) is 10.3. The smallest absolute Gasteiger partial charge is 0.234 e. The van der Waals surface area contributed by atoms with Gasteiger partial charge in [0.2, 0.25) is 5.91 Å². The van der Waals surface area contributed by atoms with E-state index < -0.39 is 0 Å². The summed E-state index contributed by atoms with van der Waals surface area (Å²) >= 11 is 0. The van der Waals surface area contributed by atoms with Crippen molar-refractivity contribution in [2.24, 2.45) is 5.92 Å². The SMILES string of the molecule is CN(CCCc1cc(-c2ccccc2)no1)CC(=O)NCC1CCCCC1. The fourth-order valence-electron chi connectivity index (χ4n) is 3.73. The molecule has 0 unspecified atom stereocenters. The summed E-state index contributed by atoms with van der Waals surface area (Å²) in [4.78, 5) is 14.2. The minimum atomic E-state index is 0.133. The number of likely N-dealkylation sites (N-methyl/N-ethyl adjacent to an activating group) is 1. The van der Waals surface area contributed by atoms with E-state index in [4.69, 9.17) is 4.52 Å². The molecular weight excluding hydrogens is 338 g/mol. The minimum absolute atomic E-state index is 0.133. The van der Waals surface area contributed by atoms with E-state index in [1.807, 2.05) is 43.4 Å². The number of carbonyl (C=O) groups is 1. The van der Waals surface area contributed by atoms with Crippen LogP contribution in [0.3, 0.4) is 0 Å². The Morgan fingerprint density at radius 1 is 1.22 bits per heavy atom. The number of nitrogens with zero attached hydrogens (tertiary/aromatic N) is 2. The van der Waals surface area contributed by atoms with Crippen LogP contribution in [0.25, 0.3) is 11.3 Å². The van der Waals surface area contributed by atoms with Gasteiger partial charge in [-0.3, -0.25) is 9.69 Å². The van der Waals surface area contributed by atoms with Gasteiger partial charge in [-0.05, 0) is 38.8 Å². The summed E-state index contributed by atoms with van der Waals surface area (Å²) in [5.74, 6) is 1.70. The van der Waals surface area contributed by atoms with Crippen LogP contribution < -0.4 is 5.32 Å². The van der Waals surface area contributed by atoms with Gasteiger partial charge < -0.3 is 9.84 Å². The number of carbonyl (C=O) groups excluding carboxylic acids is 1. The maximum atomic E-state index is 12.1. The molecule has 1 heterocycles. The number of nitrogens with one attached hydrogen (secondary N) is 1. The molecule has 1 aromatic carbocycles.